The summed E-state index contributed by atoms with van der Waals surface area (Å²) < 4.78 is 0.923. The number of aliphatic carboxylic acids is 1. The van der Waals surface area contributed by atoms with Crippen molar-refractivity contribution in [3.8, 4) is 0 Å². The van der Waals surface area contributed by atoms with Crippen LogP contribution in [-0.2, 0) is 4.79 Å². The first kappa shape index (κ1) is 19.3. The Morgan fingerprint density at radius 1 is 1.25 bits per heavy atom. The first-order chi connectivity index (χ1) is 13.7. The highest BCUT2D eigenvalue weighted by Crippen LogP contribution is 2.36. The Hall–Kier alpha value is -1.99. The second kappa shape index (κ2) is 9.01. The van der Waals surface area contributed by atoms with Crippen LogP contribution in [0.4, 0.5) is 5.13 Å². The van der Waals surface area contributed by atoms with Crippen LogP contribution in [0.1, 0.15) is 43.6 Å². The van der Waals surface area contributed by atoms with Crippen LogP contribution in [-0.4, -0.2) is 39.3 Å². The predicted molar refractivity (Wildman–Crippen MR) is 115 cm³/mol. The third-order valence-electron chi connectivity index (χ3n) is 5.36. The minimum atomic E-state index is -0.805. The first-order valence-electron chi connectivity index (χ1n) is 9.80. The van der Waals surface area contributed by atoms with Gasteiger partial charge in [0.25, 0.3) is 0 Å². The number of carbonyl (C=O) groups is 1. The minimum Gasteiger partial charge on any atom is -0.481 e. The van der Waals surface area contributed by atoms with E-state index in [4.69, 9.17) is 5.11 Å². The number of nitrogens with one attached hydrogen (secondary N) is 1. The van der Waals surface area contributed by atoms with Crippen LogP contribution in [0, 0.1) is 0 Å². The van der Waals surface area contributed by atoms with E-state index in [2.05, 4.69) is 51.6 Å². The van der Waals surface area contributed by atoms with Gasteiger partial charge in [0.1, 0.15) is 5.82 Å². The molecule has 1 aromatic heterocycles. The second-order valence-corrected chi connectivity index (χ2v) is 9.61. The number of thioether (sulfide) groups is 1. The summed E-state index contributed by atoms with van der Waals surface area (Å²) in [6.45, 7) is 1.00. The van der Waals surface area contributed by atoms with E-state index >= 15 is 0 Å². The third kappa shape index (κ3) is 4.70. The molecule has 0 bridgehead atoms. The van der Waals surface area contributed by atoms with E-state index in [1.165, 1.54) is 60.8 Å². The fraction of sp³-hybridized carbons (Fsp3) is 0.429. The summed E-state index contributed by atoms with van der Waals surface area (Å²) in [7, 11) is 0. The molecular formula is C21H25N3O2S2. The molecule has 2 heterocycles. The molecule has 0 saturated heterocycles. The maximum absolute atomic E-state index is 10.8. The second-order valence-electron chi connectivity index (χ2n) is 7.31. The average molecular weight is 416 g/mol. The zero-order valence-electron chi connectivity index (χ0n) is 15.7. The van der Waals surface area contributed by atoms with Crippen LogP contribution in [0.2, 0.25) is 0 Å². The highest BCUT2D eigenvalue weighted by atomic mass is 32.2. The van der Waals surface area contributed by atoms with Gasteiger partial charge >= 0.3 is 5.97 Å². The number of hydrogen-bond acceptors (Lipinski definition) is 6. The molecule has 28 heavy (non-hydrogen) atoms. The Morgan fingerprint density at radius 2 is 2.04 bits per heavy atom. The standard InChI is InChI=1S/C21H25N3O2S2/c25-19(26)14-27-20-12-22-21(28-20)23-18-11-16(15-7-3-1-4-8-15)13-24(18)17-9-5-2-6-10-17/h1,3-4,7-8,11-12,16-17H,2,5-6,9-10,13-14H2,(H,22,23)(H,25,26). The van der Waals surface area contributed by atoms with Gasteiger partial charge in [-0.05, 0) is 24.5 Å². The van der Waals surface area contributed by atoms with Gasteiger partial charge in [0.05, 0.1) is 16.2 Å². The van der Waals surface area contributed by atoms with Gasteiger partial charge in [0, 0.05) is 18.5 Å². The highest BCUT2D eigenvalue weighted by molar-refractivity contribution is 8.01. The molecule has 0 spiro atoms. The summed E-state index contributed by atoms with van der Waals surface area (Å²) in [6, 6.07) is 11.3. The molecule has 0 radical (unpaired) electrons. The van der Waals surface area contributed by atoms with E-state index in [1.807, 2.05) is 0 Å². The van der Waals surface area contributed by atoms with Crippen molar-refractivity contribution >= 4 is 34.2 Å². The summed E-state index contributed by atoms with van der Waals surface area (Å²) in [5.74, 6) is 0.783. The Kier molecular flexibility index (Phi) is 6.22. The first-order valence-corrected chi connectivity index (χ1v) is 11.6. The van der Waals surface area contributed by atoms with E-state index in [0.717, 1.165) is 21.7 Å². The van der Waals surface area contributed by atoms with Crippen LogP contribution < -0.4 is 5.32 Å². The van der Waals surface area contributed by atoms with Gasteiger partial charge in [-0.15, -0.1) is 11.8 Å². The maximum Gasteiger partial charge on any atom is 0.313 e. The number of carboxylic acid groups (broad SMARTS) is 1. The minimum absolute atomic E-state index is 0.0641. The summed E-state index contributed by atoms with van der Waals surface area (Å²) in [6.07, 6.45) is 10.5. The Labute approximate surface area is 173 Å². The van der Waals surface area contributed by atoms with E-state index in [9.17, 15) is 4.79 Å². The molecule has 1 aliphatic heterocycles. The van der Waals surface area contributed by atoms with Crippen LogP contribution in [0.25, 0.3) is 0 Å². The molecule has 2 aliphatic rings. The lowest BCUT2D eigenvalue weighted by molar-refractivity contribution is -0.133. The highest BCUT2D eigenvalue weighted by Gasteiger charge is 2.31. The van der Waals surface area contributed by atoms with E-state index < -0.39 is 5.97 Å². The Bertz CT molecular complexity index is 831. The van der Waals surface area contributed by atoms with Gasteiger partial charge in [-0.25, -0.2) is 4.98 Å². The summed E-state index contributed by atoms with van der Waals surface area (Å²) in [5.41, 5.74) is 1.34. The van der Waals surface area contributed by atoms with Crippen molar-refractivity contribution in [3.63, 3.8) is 0 Å². The third-order valence-corrected chi connectivity index (χ3v) is 7.45. The van der Waals surface area contributed by atoms with Gasteiger partial charge in [0.2, 0.25) is 0 Å². The van der Waals surface area contributed by atoms with Crippen LogP contribution in [0.15, 0.2) is 52.6 Å². The molecule has 7 heteroatoms. The summed E-state index contributed by atoms with van der Waals surface area (Å²) in [4.78, 5) is 17.8. The molecule has 148 valence electrons. The summed E-state index contributed by atoms with van der Waals surface area (Å²) >= 11 is 2.83. The monoisotopic (exact) mass is 415 g/mol. The molecule has 2 N–H and O–H groups in total. The van der Waals surface area contributed by atoms with Crippen molar-refractivity contribution < 1.29 is 9.90 Å². The number of anilines is 1. The number of nitrogens with zero attached hydrogens (tertiary/aromatic N) is 2. The smallest absolute Gasteiger partial charge is 0.313 e. The molecule has 1 aromatic carbocycles. The van der Waals surface area contributed by atoms with Crippen molar-refractivity contribution in [2.45, 2.75) is 48.3 Å². The van der Waals surface area contributed by atoms with E-state index in [-0.39, 0.29) is 5.75 Å². The number of aromatic nitrogens is 1. The summed E-state index contributed by atoms with van der Waals surface area (Å²) in [5, 5.41) is 13.2. The number of benzene rings is 1. The quantitative estimate of drug-likeness (QED) is 0.620. The van der Waals surface area contributed by atoms with Crippen LogP contribution >= 0.6 is 23.1 Å². The molecule has 1 aliphatic carbocycles. The molecule has 4 rings (SSSR count). The Balaban J connectivity index is 1.51. The molecule has 1 fully saturated rings. The van der Waals surface area contributed by atoms with Crippen molar-refractivity contribution in [1.29, 1.82) is 0 Å². The molecule has 1 unspecified atom stereocenters. The van der Waals surface area contributed by atoms with Crippen molar-refractivity contribution in [3.05, 3.63) is 54.0 Å². The van der Waals surface area contributed by atoms with Crippen molar-refractivity contribution in [1.82, 2.24) is 9.88 Å². The fourth-order valence-corrected chi connectivity index (χ4v) is 5.63. The van der Waals surface area contributed by atoms with Gasteiger partial charge in [-0.2, -0.15) is 0 Å². The molecule has 0 amide bonds. The number of hydrogen-bond donors (Lipinski definition) is 2. The topological polar surface area (TPSA) is 65.5 Å². The fourth-order valence-electron chi connectivity index (χ4n) is 4.03. The maximum atomic E-state index is 10.8. The SMILES string of the molecule is O=C(O)CSc1cnc(NC2=CC(c3ccccc3)CN2C2CCCCC2)s1. The Morgan fingerprint density at radius 3 is 2.79 bits per heavy atom. The normalized spacial score (nSPS) is 20.2. The van der Waals surface area contributed by atoms with Crippen molar-refractivity contribution in [2.24, 2.45) is 0 Å². The lowest BCUT2D eigenvalue weighted by atomic mass is 9.94. The van der Waals surface area contributed by atoms with E-state index in [1.54, 1.807) is 6.20 Å². The zero-order chi connectivity index (χ0) is 19.3. The van der Waals surface area contributed by atoms with E-state index in [0.29, 0.717) is 12.0 Å². The van der Waals surface area contributed by atoms with Gasteiger partial charge in [-0.1, -0.05) is 60.9 Å². The lowest BCUT2D eigenvalue weighted by Crippen LogP contribution is -2.37. The molecule has 5 nitrogen and oxygen atoms in total. The number of carboxylic acids is 1. The molecular weight excluding hydrogens is 390 g/mol. The van der Waals surface area contributed by atoms with Gasteiger partial charge < -0.3 is 15.3 Å². The molecule has 2 aromatic rings. The van der Waals surface area contributed by atoms with Crippen LogP contribution in [0.3, 0.4) is 0 Å². The molecule has 1 atom stereocenters. The van der Waals surface area contributed by atoms with Crippen LogP contribution in [0.5, 0.6) is 0 Å². The predicted octanol–water partition coefficient (Wildman–Crippen LogP) is 5.01. The van der Waals surface area contributed by atoms with Crippen molar-refractivity contribution in [2.75, 3.05) is 17.6 Å². The number of rotatable bonds is 7. The van der Waals surface area contributed by atoms with Gasteiger partial charge in [-0.3, -0.25) is 4.79 Å². The zero-order valence-corrected chi connectivity index (χ0v) is 17.3. The largest absolute Gasteiger partial charge is 0.481 e. The molecule has 1 saturated carbocycles. The average Bonchev–Trinajstić information content (AvgIpc) is 3.35. The lowest BCUT2D eigenvalue weighted by Gasteiger charge is -2.35. The number of thiazole rings is 1. The van der Waals surface area contributed by atoms with Gasteiger partial charge in [0.15, 0.2) is 5.13 Å².